The van der Waals surface area contributed by atoms with Crippen LogP contribution in [0.15, 0.2) is 48.5 Å². The van der Waals surface area contributed by atoms with Crippen LogP contribution in [-0.2, 0) is 4.79 Å². The topological polar surface area (TPSA) is 69.0 Å². The van der Waals surface area contributed by atoms with E-state index in [0.29, 0.717) is 24.9 Å². The Labute approximate surface area is 159 Å². The van der Waals surface area contributed by atoms with Gasteiger partial charge in [-0.1, -0.05) is 36.8 Å². The molecule has 1 amide bonds. The molecule has 0 aliphatic heterocycles. The zero-order chi connectivity index (χ0) is 19.2. The minimum absolute atomic E-state index is 0.0185. The van der Waals surface area contributed by atoms with Gasteiger partial charge < -0.3 is 10.1 Å². The van der Waals surface area contributed by atoms with E-state index >= 15 is 0 Å². The number of hydrogen-bond donors (Lipinski definition) is 1. The molecular weight excluding hydrogens is 340 g/mol. The van der Waals surface area contributed by atoms with E-state index < -0.39 is 0 Å². The van der Waals surface area contributed by atoms with Crippen molar-refractivity contribution in [3.05, 3.63) is 54.1 Å². The Morgan fingerprint density at radius 1 is 1.07 bits per heavy atom. The number of aryl methyl sites for hydroxylation is 1. The molecule has 0 saturated heterocycles. The van der Waals surface area contributed by atoms with Gasteiger partial charge in [-0.05, 0) is 44.5 Å². The lowest BCUT2D eigenvalue weighted by atomic mass is 10.1. The predicted molar refractivity (Wildman–Crippen MR) is 106 cm³/mol. The van der Waals surface area contributed by atoms with Crippen LogP contribution in [0.4, 0.5) is 5.69 Å². The maximum atomic E-state index is 11.8. The van der Waals surface area contributed by atoms with Crippen LogP contribution in [0.2, 0.25) is 0 Å². The summed E-state index contributed by atoms with van der Waals surface area (Å²) in [5.74, 6) is 0.728. The highest BCUT2D eigenvalue weighted by molar-refractivity contribution is 5.90. The van der Waals surface area contributed by atoms with E-state index in [9.17, 15) is 4.79 Å². The van der Waals surface area contributed by atoms with E-state index in [1.54, 1.807) is 4.68 Å². The molecule has 0 unspecified atom stereocenters. The van der Waals surface area contributed by atoms with Gasteiger partial charge in [0.1, 0.15) is 0 Å². The van der Waals surface area contributed by atoms with Crippen molar-refractivity contribution in [3.8, 4) is 23.1 Å². The molecule has 3 aromatic rings. The number of hydrogen-bond acceptors (Lipinski definition) is 4. The van der Waals surface area contributed by atoms with Crippen molar-refractivity contribution in [2.24, 2.45) is 0 Å². The Kier molecular flexibility index (Phi) is 5.86. The number of nitrogens with zero attached hydrogens (tertiary/aromatic N) is 3. The normalized spacial score (nSPS) is 10.6. The zero-order valence-corrected chi connectivity index (χ0v) is 15.9. The molecule has 6 nitrogen and oxygen atoms in total. The number of carbonyl (C=O) groups excluding carboxylic acids is 1. The smallest absolute Gasteiger partial charge is 0.336 e. The number of rotatable bonds is 7. The Bertz CT molecular complexity index is 899. The van der Waals surface area contributed by atoms with Crippen LogP contribution < -0.4 is 10.1 Å². The second-order valence-electron chi connectivity index (χ2n) is 6.27. The fraction of sp³-hybridized carbons (Fsp3) is 0.286. The molecule has 1 N–H and O–H groups in total. The molecule has 3 rings (SSSR count). The van der Waals surface area contributed by atoms with E-state index in [1.165, 1.54) is 5.56 Å². The first kappa shape index (κ1) is 18.6. The molecule has 2 aromatic carbocycles. The van der Waals surface area contributed by atoms with Crippen LogP contribution in [0.25, 0.3) is 17.1 Å². The summed E-state index contributed by atoms with van der Waals surface area (Å²) in [5, 5.41) is 7.38. The fourth-order valence-corrected chi connectivity index (χ4v) is 2.69. The number of amides is 1. The van der Waals surface area contributed by atoms with Crippen LogP contribution in [-0.4, -0.2) is 27.3 Å². The molecule has 140 valence electrons. The maximum Gasteiger partial charge on any atom is 0.336 e. The van der Waals surface area contributed by atoms with E-state index in [-0.39, 0.29) is 5.91 Å². The minimum atomic E-state index is 0.0185. The van der Waals surface area contributed by atoms with Crippen molar-refractivity contribution in [2.45, 2.75) is 33.6 Å². The summed E-state index contributed by atoms with van der Waals surface area (Å²) >= 11 is 0. The average molecular weight is 364 g/mol. The molecule has 0 spiro atoms. The van der Waals surface area contributed by atoms with Crippen LogP contribution >= 0.6 is 0 Å². The highest BCUT2D eigenvalue weighted by atomic mass is 16.5. The maximum absolute atomic E-state index is 11.8. The predicted octanol–water partition coefficient (Wildman–Crippen LogP) is 4.38. The molecule has 1 aromatic heterocycles. The summed E-state index contributed by atoms with van der Waals surface area (Å²) < 4.78 is 7.25. The van der Waals surface area contributed by atoms with Gasteiger partial charge in [0, 0.05) is 17.7 Å². The molecule has 0 radical (unpaired) electrons. The molecule has 0 aliphatic rings. The van der Waals surface area contributed by atoms with Crippen molar-refractivity contribution in [1.29, 1.82) is 0 Å². The highest BCUT2D eigenvalue weighted by Crippen LogP contribution is 2.24. The van der Waals surface area contributed by atoms with Crippen molar-refractivity contribution in [2.75, 3.05) is 11.9 Å². The molecular formula is C21H24N4O2. The van der Waals surface area contributed by atoms with Gasteiger partial charge in [-0.2, -0.15) is 4.98 Å². The zero-order valence-electron chi connectivity index (χ0n) is 15.9. The largest absolute Gasteiger partial charge is 0.463 e. The number of ether oxygens (including phenoxy) is 1. The monoisotopic (exact) mass is 364 g/mol. The molecule has 0 fully saturated rings. The van der Waals surface area contributed by atoms with Gasteiger partial charge in [0.25, 0.3) is 0 Å². The molecule has 0 atom stereocenters. The first-order valence-corrected chi connectivity index (χ1v) is 9.18. The molecule has 0 bridgehead atoms. The quantitative estimate of drug-likeness (QED) is 0.675. The third-order valence-corrected chi connectivity index (χ3v) is 4.04. The molecule has 0 aliphatic carbocycles. The molecule has 1 heterocycles. The van der Waals surface area contributed by atoms with Crippen LogP contribution in [0.5, 0.6) is 6.01 Å². The highest BCUT2D eigenvalue weighted by Gasteiger charge is 2.14. The molecule has 27 heavy (non-hydrogen) atoms. The first-order chi connectivity index (χ1) is 13.1. The second kappa shape index (κ2) is 8.49. The van der Waals surface area contributed by atoms with Gasteiger partial charge in [0.15, 0.2) is 5.82 Å². The summed E-state index contributed by atoms with van der Waals surface area (Å²) in [4.78, 5) is 16.3. The third kappa shape index (κ3) is 4.53. The van der Waals surface area contributed by atoms with Gasteiger partial charge in [0.05, 0.1) is 12.3 Å². The van der Waals surface area contributed by atoms with Gasteiger partial charge in [-0.15, -0.1) is 5.10 Å². The van der Waals surface area contributed by atoms with E-state index in [2.05, 4.69) is 15.4 Å². The van der Waals surface area contributed by atoms with Gasteiger partial charge in [-0.3, -0.25) is 4.79 Å². The van der Waals surface area contributed by atoms with Crippen LogP contribution in [0.3, 0.4) is 0 Å². The Balaban J connectivity index is 1.93. The molecule has 6 heteroatoms. The standard InChI is InChI=1S/C21H24N4O2/c1-4-6-19(26)22-17-11-13-18(14-12-17)25-20(23-21(24-25)27-5-2)16-9-7-15(3)8-10-16/h7-14H,4-6H2,1-3H3,(H,22,26). The van der Waals surface area contributed by atoms with Gasteiger partial charge in [-0.25, -0.2) is 4.68 Å². The lowest BCUT2D eigenvalue weighted by Crippen LogP contribution is -2.10. The van der Waals surface area contributed by atoms with Crippen LogP contribution in [0.1, 0.15) is 32.3 Å². The van der Waals surface area contributed by atoms with Crippen molar-refractivity contribution < 1.29 is 9.53 Å². The summed E-state index contributed by atoms with van der Waals surface area (Å²) in [5.41, 5.74) is 3.75. The number of nitrogens with one attached hydrogen (secondary N) is 1. The SMILES string of the molecule is CCCC(=O)Nc1ccc(-n2nc(OCC)nc2-c2ccc(C)cc2)cc1. The summed E-state index contributed by atoms with van der Waals surface area (Å²) in [6.07, 6.45) is 1.34. The number of anilines is 1. The number of aromatic nitrogens is 3. The lowest BCUT2D eigenvalue weighted by Gasteiger charge is -2.08. The summed E-state index contributed by atoms with van der Waals surface area (Å²) in [6.45, 7) is 6.43. The average Bonchev–Trinajstić information content (AvgIpc) is 3.07. The van der Waals surface area contributed by atoms with Crippen LogP contribution in [0, 0.1) is 6.92 Å². The van der Waals surface area contributed by atoms with Crippen molar-refractivity contribution >= 4 is 11.6 Å². The summed E-state index contributed by atoms with van der Waals surface area (Å²) in [7, 11) is 0. The Hall–Kier alpha value is -3.15. The Morgan fingerprint density at radius 3 is 2.41 bits per heavy atom. The van der Waals surface area contributed by atoms with E-state index in [1.807, 2.05) is 69.3 Å². The lowest BCUT2D eigenvalue weighted by molar-refractivity contribution is -0.116. The second-order valence-corrected chi connectivity index (χ2v) is 6.27. The van der Waals surface area contributed by atoms with E-state index in [0.717, 1.165) is 23.4 Å². The van der Waals surface area contributed by atoms with Gasteiger partial charge in [0.2, 0.25) is 5.91 Å². The van der Waals surface area contributed by atoms with Crippen molar-refractivity contribution in [3.63, 3.8) is 0 Å². The first-order valence-electron chi connectivity index (χ1n) is 9.18. The van der Waals surface area contributed by atoms with Gasteiger partial charge >= 0.3 is 6.01 Å². The number of carbonyl (C=O) groups is 1. The third-order valence-electron chi connectivity index (χ3n) is 4.04. The van der Waals surface area contributed by atoms with Crippen molar-refractivity contribution in [1.82, 2.24) is 14.8 Å². The fourth-order valence-electron chi connectivity index (χ4n) is 2.69. The summed E-state index contributed by atoms with van der Waals surface area (Å²) in [6, 6.07) is 16.0. The molecule has 0 saturated carbocycles. The number of benzene rings is 2. The minimum Gasteiger partial charge on any atom is -0.463 e. The van der Waals surface area contributed by atoms with E-state index in [4.69, 9.17) is 4.74 Å². The Morgan fingerprint density at radius 2 is 1.78 bits per heavy atom.